The van der Waals surface area contributed by atoms with Gasteiger partial charge in [0.2, 0.25) is 5.91 Å². The van der Waals surface area contributed by atoms with Crippen LogP contribution in [0.4, 0.5) is 5.69 Å². The number of esters is 1. The standard InChI is InChI=1S/C39H45N5O6S/c1-3-50-39(49)35(23-28-14-12-27(2)13-15-28)41-37(47)33(24-29-8-7-11-32(22-29)43(17-19-45)18-20-46)40-38(48)34-25-36(30-16-21-51-26-30)44(42-34)31-9-5-4-6-10-31/h5,7-16,21-22,25-26,33,35,45-46H,3-4,6,17-20,23-24H2,1-2H3,(H,40,48)(H,41,47). The molecule has 0 saturated heterocycles. The van der Waals surface area contributed by atoms with Crippen LogP contribution in [-0.4, -0.2) is 82.8 Å². The summed E-state index contributed by atoms with van der Waals surface area (Å²) < 4.78 is 7.09. The molecule has 2 atom stereocenters. The molecule has 2 unspecified atom stereocenters. The summed E-state index contributed by atoms with van der Waals surface area (Å²) in [5.41, 5.74) is 6.05. The van der Waals surface area contributed by atoms with Gasteiger partial charge in [-0.15, -0.1) is 0 Å². The van der Waals surface area contributed by atoms with E-state index in [0.29, 0.717) is 13.1 Å². The normalized spacial score (nSPS) is 13.6. The van der Waals surface area contributed by atoms with E-state index in [9.17, 15) is 24.6 Å². The fraction of sp³-hybridized carbons (Fsp3) is 0.333. The van der Waals surface area contributed by atoms with Crippen molar-refractivity contribution in [3.8, 4) is 11.3 Å². The van der Waals surface area contributed by atoms with Gasteiger partial charge in [-0.25, -0.2) is 9.48 Å². The summed E-state index contributed by atoms with van der Waals surface area (Å²) in [6.07, 6.45) is 8.21. The van der Waals surface area contributed by atoms with Crippen LogP contribution in [0.25, 0.3) is 17.0 Å². The van der Waals surface area contributed by atoms with Crippen molar-refractivity contribution in [3.05, 3.63) is 112 Å². The van der Waals surface area contributed by atoms with Gasteiger partial charge in [0.05, 0.1) is 31.2 Å². The third kappa shape index (κ3) is 10.0. The van der Waals surface area contributed by atoms with Gasteiger partial charge < -0.3 is 30.5 Å². The number of hydrogen-bond acceptors (Lipinski definition) is 9. The van der Waals surface area contributed by atoms with Crippen LogP contribution in [0.2, 0.25) is 0 Å². The molecule has 268 valence electrons. The Hall–Kier alpha value is -5.04. The third-order valence-corrected chi connectivity index (χ3v) is 9.19. The summed E-state index contributed by atoms with van der Waals surface area (Å²) >= 11 is 1.54. The molecular formula is C39H45N5O6S. The molecule has 2 amide bonds. The van der Waals surface area contributed by atoms with E-state index in [1.165, 1.54) is 0 Å². The van der Waals surface area contributed by atoms with Crippen LogP contribution in [-0.2, 0) is 27.2 Å². The van der Waals surface area contributed by atoms with E-state index in [1.807, 2.05) is 83.3 Å². The Balaban J connectivity index is 1.46. The number of allylic oxidation sites excluding steroid dienone is 4. The summed E-state index contributed by atoms with van der Waals surface area (Å²) in [5.74, 6) is -1.68. The summed E-state index contributed by atoms with van der Waals surface area (Å²) in [4.78, 5) is 43.1. The first-order valence-corrected chi connectivity index (χ1v) is 18.1. The number of carbonyl (C=O) groups is 3. The topological polar surface area (TPSA) is 146 Å². The Morgan fingerprint density at radius 3 is 2.39 bits per heavy atom. The summed E-state index contributed by atoms with van der Waals surface area (Å²) in [7, 11) is 0. The van der Waals surface area contributed by atoms with Gasteiger partial charge in [-0.2, -0.15) is 16.4 Å². The van der Waals surface area contributed by atoms with Gasteiger partial charge in [-0.05, 0) is 73.5 Å². The van der Waals surface area contributed by atoms with Gasteiger partial charge >= 0.3 is 5.97 Å². The van der Waals surface area contributed by atoms with E-state index in [4.69, 9.17) is 9.84 Å². The van der Waals surface area contributed by atoms with Crippen molar-refractivity contribution in [1.82, 2.24) is 20.4 Å². The van der Waals surface area contributed by atoms with E-state index in [-0.39, 0.29) is 38.4 Å². The summed E-state index contributed by atoms with van der Waals surface area (Å²) in [6.45, 7) is 4.24. The second kappa shape index (κ2) is 18.3. The lowest BCUT2D eigenvalue weighted by atomic mass is 10.0. The Bertz CT molecular complexity index is 1830. The number of ether oxygens (including phenoxy) is 1. The average molecular weight is 712 g/mol. The number of aryl methyl sites for hydroxylation is 1. The van der Waals surface area contributed by atoms with Crippen molar-refractivity contribution in [2.75, 3.05) is 37.8 Å². The van der Waals surface area contributed by atoms with E-state index >= 15 is 0 Å². The van der Waals surface area contributed by atoms with Gasteiger partial charge in [0, 0.05) is 42.6 Å². The fourth-order valence-electron chi connectivity index (χ4n) is 5.90. The monoisotopic (exact) mass is 711 g/mol. The van der Waals surface area contributed by atoms with Gasteiger partial charge in [0.25, 0.3) is 5.91 Å². The largest absolute Gasteiger partial charge is 0.464 e. The summed E-state index contributed by atoms with van der Waals surface area (Å²) in [6, 6.07) is 16.7. The van der Waals surface area contributed by atoms with Crippen molar-refractivity contribution in [3.63, 3.8) is 0 Å². The Morgan fingerprint density at radius 1 is 0.961 bits per heavy atom. The molecule has 12 heteroatoms. The quantitative estimate of drug-likeness (QED) is 0.117. The zero-order chi connectivity index (χ0) is 36.2. The molecule has 2 aromatic carbocycles. The number of aliphatic hydroxyl groups excluding tert-OH is 2. The first kappa shape index (κ1) is 37.2. The molecule has 4 N–H and O–H groups in total. The molecule has 2 aromatic heterocycles. The number of aliphatic hydroxyl groups is 2. The number of hydrogen-bond donors (Lipinski definition) is 4. The maximum Gasteiger partial charge on any atom is 0.328 e. The number of carbonyl (C=O) groups excluding carboxylic acids is 3. The van der Waals surface area contributed by atoms with Crippen LogP contribution in [0.3, 0.4) is 0 Å². The highest BCUT2D eigenvalue weighted by molar-refractivity contribution is 7.08. The predicted octanol–water partition coefficient (Wildman–Crippen LogP) is 4.53. The average Bonchev–Trinajstić information content (AvgIpc) is 3.84. The molecule has 51 heavy (non-hydrogen) atoms. The molecule has 0 fully saturated rings. The molecule has 0 saturated carbocycles. The molecular weight excluding hydrogens is 667 g/mol. The minimum absolute atomic E-state index is 0.0869. The maximum absolute atomic E-state index is 14.2. The van der Waals surface area contributed by atoms with Gasteiger partial charge in [0.15, 0.2) is 5.69 Å². The molecule has 5 rings (SSSR count). The van der Waals surface area contributed by atoms with Crippen molar-refractivity contribution in [1.29, 1.82) is 0 Å². The molecule has 0 radical (unpaired) electrons. The Morgan fingerprint density at radius 2 is 1.73 bits per heavy atom. The first-order valence-electron chi connectivity index (χ1n) is 17.2. The van der Waals surface area contributed by atoms with Crippen molar-refractivity contribution in [2.45, 2.75) is 51.6 Å². The molecule has 0 aliphatic heterocycles. The predicted molar refractivity (Wildman–Crippen MR) is 199 cm³/mol. The lowest BCUT2D eigenvalue weighted by molar-refractivity contribution is -0.147. The second-order valence-corrected chi connectivity index (χ2v) is 13.1. The first-order chi connectivity index (χ1) is 24.8. The molecule has 0 bridgehead atoms. The second-order valence-electron chi connectivity index (χ2n) is 12.3. The molecule has 1 aliphatic rings. The molecule has 4 aromatic rings. The number of thiophene rings is 1. The number of rotatable bonds is 17. The number of nitrogens with zero attached hydrogens (tertiary/aromatic N) is 3. The van der Waals surface area contributed by atoms with Crippen LogP contribution in [0.1, 0.15) is 46.9 Å². The Kier molecular flexibility index (Phi) is 13.3. The maximum atomic E-state index is 14.2. The molecule has 1 aliphatic carbocycles. The number of benzene rings is 2. The molecule has 2 heterocycles. The van der Waals surface area contributed by atoms with Gasteiger partial charge in [-0.1, -0.05) is 54.1 Å². The van der Waals surface area contributed by atoms with Crippen LogP contribution < -0.4 is 15.5 Å². The van der Waals surface area contributed by atoms with Crippen LogP contribution in [0, 0.1) is 6.92 Å². The van der Waals surface area contributed by atoms with Gasteiger partial charge in [0.1, 0.15) is 12.1 Å². The van der Waals surface area contributed by atoms with Crippen molar-refractivity contribution < 1.29 is 29.3 Å². The van der Waals surface area contributed by atoms with Crippen LogP contribution >= 0.6 is 11.3 Å². The fourth-order valence-corrected chi connectivity index (χ4v) is 6.55. The highest BCUT2D eigenvalue weighted by atomic mass is 32.1. The third-order valence-electron chi connectivity index (χ3n) is 8.50. The summed E-state index contributed by atoms with van der Waals surface area (Å²) in [5, 5.41) is 33.6. The smallest absolute Gasteiger partial charge is 0.328 e. The van der Waals surface area contributed by atoms with Crippen molar-refractivity contribution in [2.24, 2.45) is 0 Å². The van der Waals surface area contributed by atoms with Gasteiger partial charge in [-0.3, -0.25) is 9.59 Å². The van der Waals surface area contributed by atoms with Crippen LogP contribution in [0.5, 0.6) is 0 Å². The number of anilines is 1. The lowest BCUT2D eigenvalue weighted by Crippen LogP contribution is -2.53. The minimum Gasteiger partial charge on any atom is -0.464 e. The van der Waals surface area contributed by atoms with E-state index in [0.717, 1.165) is 52.2 Å². The van der Waals surface area contributed by atoms with E-state index < -0.39 is 29.9 Å². The number of nitrogens with one attached hydrogen (secondary N) is 2. The zero-order valence-corrected chi connectivity index (χ0v) is 29.8. The highest BCUT2D eigenvalue weighted by Gasteiger charge is 2.30. The Labute approximate surface area is 302 Å². The van der Waals surface area contributed by atoms with Crippen LogP contribution in [0.15, 0.2) is 89.7 Å². The SMILES string of the molecule is CCOC(=O)C(Cc1ccc(C)cc1)NC(=O)C(Cc1cccc(N(CCO)CCO)c1)NC(=O)c1cc(-c2ccsc2)n(C2=CCCC=C2)n1. The molecule has 0 spiro atoms. The zero-order valence-electron chi connectivity index (χ0n) is 29.0. The van der Waals surface area contributed by atoms with E-state index in [2.05, 4.69) is 22.8 Å². The number of amides is 2. The van der Waals surface area contributed by atoms with Crippen molar-refractivity contribution >= 4 is 40.5 Å². The lowest BCUT2D eigenvalue weighted by Gasteiger charge is -2.25. The molecule has 11 nitrogen and oxygen atoms in total. The number of aromatic nitrogens is 2. The minimum atomic E-state index is -1.10. The highest BCUT2D eigenvalue weighted by Crippen LogP contribution is 2.28. The van der Waals surface area contributed by atoms with E-state index in [1.54, 1.807) is 29.0 Å².